The van der Waals surface area contributed by atoms with Crippen LogP contribution in [0.15, 0.2) is 24.3 Å². The van der Waals surface area contributed by atoms with Crippen molar-refractivity contribution in [3.05, 3.63) is 29.8 Å². The van der Waals surface area contributed by atoms with E-state index in [4.69, 9.17) is 10.5 Å². The minimum atomic E-state index is -0.107. The second-order valence-electron chi connectivity index (χ2n) is 5.41. The van der Waals surface area contributed by atoms with Gasteiger partial charge in [-0.1, -0.05) is 51.7 Å². The Labute approximate surface area is 122 Å². The molecule has 1 aromatic carbocycles. The van der Waals surface area contributed by atoms with E-state index >= 15 is 0 Å². The Morgan fingerprint density at radius 2 is 1.80 bits per heavy atom. The van der Waals surface area contributed by atoms with Gasteiger partial charge in [-0.3, -0.25) is 4.79 Å². The van der Waals surface area contributed by atoms with E-state index in [1.807, 2.05) is 31.2 Å². The molecule has 1 atom stereocenters. The standard InChI is InChI=1S/C17H27NO2/c1-3-4-5-6-7-12-20-17(19)13-14(2)15-8-10-16(18)11-9-15/h8-11,14H,3-7,12-13,18H2,1-2H3. The van der Waals surface area contributed by atoms with Gasteiger partial charge in [0.15, 0.2) is 0 Å². The van der Waals surface area contributed by atoms with Crippen LogP contribution in [0.4, 0.5) is 5.69 Å². The third kappa shape index (κ3) is 6.60. The molecule has 0 heterocycles. The Bertz CT molecular complexity index is 386. The first-order chi connectivity index (χ1) is 9.63. The summed E-state index contributed by atoms with van der Waals surface area (Å²) in [5.74, 6) is 0.0630. The summed E-state index contributed by atoms with van der Waals surface area (Å²) >= 11 is 0. The molecule has 0 aromatic heterocycles. The third-order valence-electron chi connectivity index (χ3n) is 3.49. The maximum atomic E-state index is 11.7. The van der Waals surface area contributed by atoms with Crippen molar-refractivity contribution in [3.63, 3.8) is 0 Å². The maximum Gasteiger partial charge on any atom is 0.306 e. The molecule has 1 unspecified atom stereocenters. The lowest BCUT2D eigenvalue weighted by Gasteiger charge is -2.12. The summed E-state index contributed by atoms with van der Waals surface area (Å²) in [5.41, 5.74) is 7.52. The van der Waals surface area contributed by atoms with Crippen LogP contribution in [0.25, 0.3) is 0 Å². The number of carbonyl (C=O) groups excluding carboxylic acids is 1. The molecule has 0 fully saturated rings. The Kier molecular flexibility index (Phi) is 7.78. The van der Waals surface area contributed by atoms with E-state index in [0.29, 0.717) is 13.0 Å². The van der Waals surface area contributed by atoms with E-state index in [9.17, 15) is 4.79 Å². The van der Waals surface area contributed by atoms with Crippen LogP contribution in [-0.2, 0) is 9.53 Å². The summed E-state index contributed by atoms with van der Waals surface area (Å²) in [6.07, 6.45) is 6.28. The average Bonchev–Trinajstić information content (AvgIpc) is 2.43. The van der Waals surface area contributed by atoms with E-state index in [-0.39, 0.29) is 11.9 Å². The van der Waals surface area contributed by atoms with Gasteiger partial charge in [-0.05, 0) is 30.0 Å². The van der Waals surface area contributed by atoms with Crippen molar-refractivity contribution in [2.75, 3.05) is 12.3 Å². The lowest BCUT2D eigenvalue weighted by atomic mass is 9.98. The van der Waals surface area contributed by atoms with Gasteiger partial charge in [0.25, 0.3) is 0 Å². The van der Waals surface area contributed by atoms with Crippen LogP contribution < -0.4 is 5.73 Å². The van der Waals surface area contributed by atoms with Gasteiger partial charge in [-0.25, -0.2) is 0 Å². The van der Waals surface area contributed by atoms with Gasteiger partial charge in [0.05, 0.1) is 13.0 Å². The van der Waals surface area contributed by atoms with Gasteiger partial charge in [-0.2, -0.15) is 0 Å². The molecule has 0 spiro atoms. The second kappa shape index (κ2) is 9.40. The maximum absolute atomic E-state index is 11.7. The smallest absolute Gasteiger partial charge is 0.306 e. The van der Waals surface area contributed by atoms with Crippen molar-refractivity contribution in [1.29, 1.82) is 0 Å². The molecule has 20 heavy (non-hydrogen) atoms. The summed E-state index contributed by atoms with van der Waals surface area (Å²) in [6, 6.07) is 7.67. The van der Waals surface area contributed by atoms with Crippen LogP contribution in [0.5, 0.6) is 0 Å². The number of nitrogen functional groups attached to an aromatic ring is 1. The first-order valence-corrected chi connectivity index (χ1v) is 7.64. The van der Waals surface area contributed by atoms with Gasteiger partial charge in [0.2, 0.25) is 0 Å². The molecule has 0 bridgehead atoms. The zero-order chi connectivity index (χ0) is 14.8. The van der Waals surface area contributed by atoms with Crippen molar-refractivity contribution in [1.82, 2.24) is 0 Å². The van der Waals surface area contributed by atoms with Crippen LogP contribution in [0, 0.1) is 0 Å². The molecular formula is C17H27NO2. The van der Waals surface area contributed by atoms with Crippen LogP contribution in [-0.4, -0.2) is 12.6 Å². The summed E-state index contributed by atoms with van der Waals surface area (Å²) in [5, 5.41) is 0. The molecule has 2 N–H and O–H groups in total. The SMILES string of the molecule is CCCCCCCOC(=O)CC(C)c1ccc(N)cc1. The normalized spacial score (nSPS) is 12.1. The number of ether oxygens (including phenoxy) is 1. The summed E-state index contributed by atoms with van der Waals surface area (Å²) in [4.78, 5) is 11.7. The molecule has 112 valence electrons. The van der Waals surface area contributed by atoms with Crippen molar-refractivity contribution in [2.24, 2.45) is 0 Å². The van der Waals surface area contributed by atoms with E-state index in [0.717, 1.165) is 24.1 Å². The zero-order valence-electron chi connectivity index (χ0n) is 12.7. The fourth-order valence-electron chi connectivity index (χ4n) is 2.14. The van der Waals surface area contributed by atoms with E-state index < -0.39 is 0 Å². The highest BCUT2D eigenvalue weighted by Gasteiger charge is 2.12. The fourth-order valence-corrected chi connectivity index (χ4v) is 2.14. The first-order valence-electron chi connectivity index (χ1n) is 7.64. The minimum Gasteiger partial charge on any atom is -0.466 e. The summed E-state index contributed by atoms with van der Waals surface area (Å²) in [6.45, 7) is 4.78. The molecule has 0 amide bonds. The number of hydrogen-bond donors (Lipinski definition) is 1. The highest BCUT2D eigenvalue weighted by Crippen LogP contribution is 2.20. The Morgan fingerprint density at radius 1 is 1.15 bits per heavy atom. The van der Waals surface area contributed by atoms with Gasteiger partial charge in [0, 0.05) is 5.69 Å². The number of esters is 1. The van der Waals surface area contributed by atoms with Crippen molar-refractivity contribution in [3.8, 4) is 0 Å². The number of benzene rings is 1. The first kappa shape index (κ1) is 16.5. The molecular weight excluding hydrogens is 250 g/mol. The van der Waals surface area contributed by atoms with Gasteiger partial charge < -0.3 is 10.5 Å². The van der Waals surface area contributed by atoms with Crippen LogP contribution in [0.1, 0.15) is 63.9 Å². The second-order valence-corrected chi connectivity index (χ2v) is 5.41. The van der Waals surface area contributed by atoms with Crippen LogP contribution in [0.2, 0.25) is 0 Å². The van der Waals surface area contributed by atoms with E-state index in [1.165, 1.54) is 19.3 Å². The highest BCUT2D eigenvalue weighted by atomic mass is 16.5. The quantitative estimate of drug-likeness (QED) is 0.416. The van der Waals surface area contributed by atoms with Crippen LogP contribution in [0.3, 0.4) is 0 Å². The molecule has 0 saturated carbocycles. The molecule has 0 radical (unpaired) electrons. The lowest BCUT2D eigenvalue weighted by molar-refractivity contribution is -0.144. The predicted molar refractivity (Wildman–Crippen MR) is 83.6 cm³/mol. The predicted octanol–water partition coefficient (Wildman–Crippen LogP) is 4.28. The van der Waals surface area contributed by atoms with Gasteiger partial charge in [0.1, 0.15) is 0 Å². The molecule has 3 nitrogen and oxygen atoms in total. The Balaban J connectivity index is 2.19. The molecule has 0 aliphatic rings. The summed E-state index contributed by atoms with van der Waals surface area (Å²) < 4.78 is 5.27. The third-order valence-corrected chi connectivity index (χ3v) is 3.49. The zero-order valence-corrected chi connectivity index (χ0v) is 12.7. The Hall–Kier alpha value is -1.51. The highest BCUT2D eigenvalue weighted by molar-refractivity contribution is 5.70. The molecule has 0 aliphatic carbocycles. The van der Waals surface area contributed by atoms with Crippen molar-refractivity contribution >= 4 is 11.7 Å². The molecule has 1 rings (SSSR count). The minimum absolute atomic E-state index is 0.107. The number of rotatable bonds is 9. The molecule has 1 aromatic rings. The largest absolute Gasteiger partial charge is 0.466 e. The number of nitrogens with two attached hydrogens (primary N) is 1. The van der Waals surface area contributed by atoms with Crippen molar-refractivity contribution < 1.29 is 9.53 Å². The number of anilines is 1. The van der Waals surface area contributed by atoms with Crippen molar-refractivity contribution in [2.45, 2.75) is 58.3 Å². The van der Waals surface area contributed by atoms with E-state index in [2.05, 4.69) is 6.92 Å². The molecule has 0 aliphatic heterocycles. The summed E-state index contributed by atoms with van der Waals surface area (Å²) in [7, 11) is 0. The average molecular weight is 277 g/mol. The Morgan fingerprint density at radius 3 is 2.45 bits per heavy atom. The van der Waals surface area contributed by atoms with Crippen LogP contribution >= 0.6 is 0 Å². The number of carbonyl (C=O) groups is 1. The topological polar surface area (TPSA) is 52.3 Å². The number of unbranched alkanes of at least 4 members (excludes halogenated alkanes) is 4. The lowest BCUT2D eigenvalue weighted by Crippen LogP contribution is -2.09. The van der Waals surface area contributed by atoms with Gasteiger partial charge >= 0.3 is 5.97 Å². The van der Waals surface area contributed by atoms with Gasteiger partial charge in [-0.15, -0.1) is 0 Å². The number of hydrogen-bond acceptors (Lipinski definition) is 3. The monoisotopic (exact) mass is 277 g/mol. The molecule has 3 heteroatoms. The molecule has 0 saturated heterocycles. The van der Waals surface area contributed by atoms with E-state index in [1.54, 1.807) is 0 Å². The fraction of sp³-hybridized carbons (Fsp3) is 0.588.